The molecule has 1 aromatic carbocycles. The molecule has 1 amide bonds. The molecule has 0 unspecified atom stereocenters. The predicted octanol–water partition coefficient (Wildman–Crippen LogP) is 1.83. The Bertz CT molecular complexity index is 425. The molecule has 2 N–H and O–H groups in total. The molecular weight excluding hydrogens is 238 g/mol. The van der Waals surface area contributed by atoms with Gasteiger partial charge in [0.1, 0.15) is 0 Å². The standard InChI is InChI=1S/C15H23N3O/c1-18(2)11-12-6-5-7-13(10-12)17-15(19)14-8-3-4-9-16-14/h5-7,10,14,16H,3-4,8-9,11H2,1-2H3,(H,17,19)/t14-/m1/s1. The summed E-state index contributed by atoms with van der Waals surface area (Å²) in [6, 6.07) is 8.02. The Labute approximate surface area is 115 Å². The van der Waals surface area contributed by atoms with Gasteiger partial charge in [0.15, 0.2) is 0 Å². The number of hydrogen-bond acceptors (Lipinski definition) is 3. The van der Waals surface area contributed by atoms with Crippen LogP contribution >= 0.6 is 0 Å². The number of piperidine rings is 1. The molecule has 1 atom stereocenters. The van der Waals surface area contributed by atoms with Crippen molar-refractivity contribution in [3.05, 3.63) is 29.8 Å². The highest BCUT2D eigenvalue weighted by molar-refractivity contribution is 5.94. The molecule has 0 spiro atoms. The summed E-state index contributed by atoms with van der Waals surface area (Å²) in [4.78, 5) is 14.2. The number of nitrogens with one attached hydrogen (secondary N) is 2. The SMILES string of the molecule is CN(C)Cc1cccc(NC(=O)[C@H]2CCCCN2)c1. The van der Waals surface area contributed by atoms with Gasteiger partial charge in [0, 0.05) is 12.2 Å². The van der Waals surface area contributed by atoms with Crippen molar-refractivity contribution in [3.63, 3.8) is 0 Å². The molecule has 0 radical (unpaired) electrons. The van der Waals surface area contributed by atoms with Crippen LogP contribution in [0.15, 0.2) is 24.3 Å². The number of rotatable bonds is 4. The van der Waals surface area contributed by atoms with Gasteiger partial charge >= 0.3 is 0 Å². The summed E-state index contributed by atoms with van der Waals surface area (Å²) in [7, 11) is 4.08. The van der Waals surface area contributed by atoms with Gasteiger partial charge in [-0.05, 0) is 51.2 Å². The largest absolute Gasteiger partial charge is 0.325 e. The Balaban J connectivity index is 1.96. The van der Waals surface area contributed by atoms with Gasteiger partial charge in [-0.25, -0.2) is 0 Å². The number of anilines is 1. The van der Waals surface area contributed by atoms with Crippen molar-refractivity contribution < 1.29 is 4.79 Å². The van der Waals surface area contributed by atoms with E-state index >= 15 is 0 Å². The van der Waals surface area contributed by atoms with Crippen LogP contribution in [-0.4, -0.2) is 37.5 Å². The topological polar surface area (TPSA) is 44.4 Å². The number of amides is 1. The zero-order valence-corrected chi connectivity index (χ0v) is 11.8. The Hall–Kier alpha value is -1.39. The van der Waals surface area contributed by atoms with Crippen LogP contribution in [0.3, 0.4) is 0 Å². The maximum Gasteiger partial charge on any atom is 0.241 e. The second-order valence-electron chi connectivity index (χ2n) is 5.43. The first-order valence-electron chi connectivity index (χ1n) is 6.93. The van der Waals surface area contributed by atoms with Crippen LogP contribution in [0.2, 0.25) is 0 Å². The van der Waals surface area contributed by atoms with E-state index in [1.54, 1.807) is 0 Å². The van der Waals surface area contributed by atoms with E-state index in [-0.39, 0.29) is 11.9 Å². The van der Waals surface area contributed by atoms with Gasteiger partial charge in [-0.15, -0.1) is 0 Å². The van der Waals surface area contributed by atoms with Crippen LogP contribution in [0.5, 0.6) is 0 Å². The number of benzene rings is 1. The van der Waals surface area contributed by atoms with Gasteiger partial charge < -0.3 is 15.5 Å². The summed E-state index contributed by atoms with van der Waals surface area (Å²) in [5, 5.41) is 6.27. The lowest BCUT2D eigenvalue weighted by molar-refractivity contribution is -0.118. The average Bonchev–Trinajstić information content (AvgIpc) is 2.39. The first-order chi connectivity index (χ1) is 9.15. The van der Waals surface area contributed by atoms with Gasteiger partial charge in [-0.1, -0.05) is 18.6 Å². The second kappa shape index (κ2) is 6.68. The van der Waals surface area contributed by atoms with Gasteiger partial charge in [-0.3, -0.25) is 4.79 Å². The van der Waals surface area contributed by atoms with E-state index in [1.165, 1.54) is 12.0 Å². The zero-order chi connectivity index (χ0) is 13.7. The van der Waals surface area contributed by atoms with Crippen molar-refractivity contribution in [3.8, 4) is 0 Å². The fraction of sp³-hybridized carbons (Fsp3) is 0.533. The molecule has 1 fully saturated rings. The maximum atomic E-state index is 12.1. The molecule has 19 heavy (non-hydrogen) atoms. The van der Waals surface area contributed by atoms with Crippen LogP contribution in [0, 0.1) is 0 Å². The summed E-state index contributed by atoms with van der Waals surface area (Å²) in [6.45, 7) is 1.82. The Morgan fingerprint density at radius 1 is 1.42 bits per heavy atom. The molecule has 1 aromatic rings. The molecule has 0 bridgehead atoms. The van der Waals surface area contributed by atoms with Crippen LogP contribution < -0.4 is 10.6 Å². The molecule has 1 aliphatic heterocycles. The molecule has 0 saturated carbocycles. The van der Waals surface area contributed by atoms with Crippen molar-refractivity contribution in [1.82, 2.24) is 10.2 Å². The van der Waals surface area contributed by atoms with Crippen molar-refractivity contribution in [2.45, 2.75) is 31.8 Å². The minimum atomic E-state index is -0.0359. The number of carbonyl (C=O) groups is 1. The minimum Gasteiger partial charge on any atom is -0.325 e. The maximum absolute atomic E-state index is 12.1. The van der Waals surface area contributed by atoms with Gasteiger partial charge in [0.05, 0.1) is 6.04 Å². The van der Waals surface area contributed by atoms with Crippen LogP contribution in [-0.2, 0) is 11.3 Å². The highest BCUT2D eigenvalue weighted by Crippen LogP contribution is 2.14. The quantitative estimate of drug-likeness (QED) is 0.869. The lowest BCUT2D eigenvalue weighted by atomic mass is 10.0. The average molecular weight is 261 g/mol. The van der Waals surface area contributed by atoms with Crippen molar-refractivity contribution in [2.24, 2.45) is 0 Å². The van der Waals surface area contributed by atoms with Gasteiger partial charge in [0.2, 0.25) is 5.91 Å². The molecule has 104 valence electrons. The lowest BCUT2D eigenvalue weighted by Gasteiger charge is -2.22. The number of carbonyl (C=O) groups excluding carboxylic acids is 1. The van der Waals surface area contributed by atoms with E-state index in [4.69, 9.17) is 0 Å². The predicted molar refractivity (Wildman–Crippen MR) is 78.1 cm³/mol. The van der Waals surface area contributed by atoms with E-state index in [0.29, 0.717) is 0 Å². The van der Waals surface area contributed by atoms with Crippen LogP contribution in [0.4, 0.5) is 5.69 Å². The molecule has 4 heteroatoms. The van der Waals surface area contributed by atoms with E-state index in [9.17, 15) is 4.79 Å². The third-order valence-electron chi connectivity index (χ3n) is 3.32. The summed E-state index contributed by atoms with van der Waals surface area (Å²) < 4.78 is 0. The monoisotopic (exact) mass is 261 g/mol. The Morgan fingerprint density at radius 2 is 2.26 bits per heavy atom. The third kappa shape index (κ3) is 4.33. The number of hydrogen-bond donors (Lipinski definition) is 2. The van der Waals surface area contributed by atoms with E-state index in [0.717, 1.165) is 31.6 Å². The van der Waals surface area contributed by atoms with Crippen molar-refractivity contribution in [1.29, 1.82) is 0 Å². The Morgan fingerprint density at radius 3 is 2.95 bits per heavy atom. The van der Waals surface area contributed by atoms with Crippen LogP contribution in [0.25, 0.3) is 0 Å². The van der Waals surface area contributed by atoms with E-state index in [2.05, 4.69) is 21.6 Å². The molecule has 1 heterocycles. The smallest absolute Gasteiger partial charge is 0.241 e. The van der Waals surface area contributed by atoms with Crippen molar-refractivity contribution in [2.75, 3.05) is 26.0 Å². The minimum absolute atomic E-state index is 0.0359. The third-order valence-corrected chi connectivity index (χ3v) is 3.32. The Kier molecular flexibility index (Phi) is 4.93. The molecule has 1 saturated heterocycles. The molecule has 2 rings (SSSR count). The van der Waals surface area contributed by atoms with Gasteiger partial charge in [0.25, 0.3) is 0 Å². The highest BCUT2D eigenvalue weighted by Gasteiger charge is 2.20. The summed E-state index contributed by atoms with van der Waals surface area (Å²) >= 11 is 0. The molecule has 1 aliphatic rings. The molecular formula is C15H23N3O. The fourth-order valence-electron chi connectivity index (χ4n) is 2.42. The molecule has 0 aromatic heterocycles. The summed E-state index contributed by atoms with van der Waals surface area (Å²) in [5.74, 6) is 0.0849. The molecule has 0 aliphatic carbocycles. The highest BCUT2D eigenvalue weighted by atomic mass is 16.2. The van der Waals surface area contributed by atoms with E-state index in [1.807, 2.05) is 32.3 Å². The normalized spacial score (nSPS) is 19.4. The summed E-state index contributed by atoms with van der Waals surface area (Å²) in [5.41, 5.74) is 2.09. The van der Waals surface area contributed by atoms with Crippen LogP contribution in [0.1, 0.15) is 24.8 Å². The van der Waals surface area contributed by atoms with E-state index < -0.39 is 0 Å². The first-order valence-corrected chi connectivity index (χ1v) is 6.93. The van der Waals surface area contributed by atoms with Crippen molar-refractivity contribution >= 4 is 11.6 Å². The first kappa shape index (κ1) is 14.0. The second-order valence-corrected chi connectivity index (χ2v) is 5.43. The summed E-state index contributed by atoms with van der Waals surface area (Å²) in [6.07, 6.45) is 3.23. The molecule has 4 nitrogen and oxygen atoms in total. The number of nitrogens with zero attached hydrogens (tertiary/aromatic N) is 1. The fourth-order valence-corrected chi connectivity index (χ4v) is 2.42. The van der Waals surface area contributed by atoms with Gasteiger partial charge in [-0.2, -0.15) is 0 Å². The zero-order valence-electron chi connectivity index (χ0n) is 11.8. The lowest BCUT2D eigenvalue weighted by Crippen LogP contribution is -2.43.